The molecule has 19 heavy (non-hydrogen) atoms. The molecule has 0 radical (unpaired) electrons. The van der Waals surface area contributed by atoms with Gasteiger partial charge in [0.1, 0.15) is 0 Å². The number of hydrogen-bond acceptors (Lipinski definition) is 1. The highest BCUT2D eigenvalue weighted by atomic mass is 15.0. The van der Waals surface area contributed by atoms with Gasteiger partial charge in [-0.1, -0.05) is 11.6 Å². The highest BCUT2D eigenvalue weighted by Crippen LogP contribution is 2.34. The van der Waals surface area contributed by atoms with Gasteiger partial charge in [0, 0.05) is 30.6 Å². The van der Waals surface area contributed by atoms with Gasteiger partial charge in [0.25, 0.3) is 0 Å². The molecule has 0 spiro atoms. The molecule has 1 aromatic carbocycles. The summed E-state index contributed by atoms with van der Waals surface area (Å²) in [5.41, 5.74) is 7.21. The van der Waals surface area contributed by atoms with E-state index in [4.69, 9.17) is 0 Å². The first-order chi connectivity index (χ1) is 9.09. The Labute approximate surface area is 115 Å². The van der Waals surface area contributed by atoms with Crippen LogP contribution in [-0.2, 0) is 7.05 Å². The fraction of sp³-hybridized carbons (Fsp3) is 0.529. The van der Waals surface area contributed by atoms with Gasteiger partial charge in [0.15, 0.2) is 0 Å². The summed E-state index contributed by atoms with van der Waals surface area (Å²) in [5.74, 6) is 0.672. The largest absolute Gasteiger partial charge is 0.347 e. The van der Waals surface area contributed by atoms with E-state index < -0.39 is 0 Å². The molecule has 1 atom stereocenters. The molecule has 1 fully saturated rings. The average Bonchev–Trinajstić information content (AvgIpc) is 2.62. The van der Waals surface area contributed by atoms with Crippen molar-refractivity contribution in [3.63, 3.8) is 0 Å². The van der Waals surface area contributed by atoms with Crippen LogP contribution >= 0.6 is 0 Å². The molecule has 2 heteroatoms. The van der Waals surface area contributed by atoms with Crippen molar-refractivity contribution in [2.45, 2.75) is 39.5 Å². The lowest BCUT2D eigenvalue weighted by Gasteiger charge is -2.24. The molecule has 1 unspecified atom stereocenters. The lowest BCUT2D eigenvalue weighted by atomic mass is 9.93. The summed E-state index contributed by atoms with van der Waals surface area (Å²) in [6.07, 6.45) is 2.61. The van der Waals surface area contributed by atoms with Gasteiger partial charge >= 0.3 is 0 Å². The van der Waals surface area contributed by atoms with Gasteiger partial charge in [-0.25, -0.2) is 0 Å². The van der Waals surface area contributed by atoms with Gasteiger partial charge in [0.2, 0.25) is 0 Å². The van der Waals surface area contributed by atoms with Crippen molar-refractivity contribution in [3.05, 3.63) is 34.5 Å². The lowest BCUT2D eigenvalue weighted by molar-refractivity contribution is 0.447. The molecule has 1 saturated heterocycles. The maximum Gasteiger partial charge on any atom is 0.0512 e. The number of piperidine rings is 1. The van der Waals surface area contributed by atoms with Crippen LogP contribution in [0.3, 0.4) is 0 Å². The van der Waals surface area contributed by atoms with Crippen LogP contribution in [0, 0.1) is 20.8 Å². The van der Waals surface area contributed by atoms with E-state index in [0.717, 1.165) is 6.54 Å². The van der Waals surface area contributed by atoms with Crippen LogP contribution in [0.5, 0.6) is 0 Å². The minimum absolute atomic E-state index is 0.672. The van der Waals surface area contributed by atoms with Crippen molar-refractivity contribution in [2.75, 3.05) is 13.1 Å². The Hall–Kier alpha value is -1.28. The van der Waals surface area contributed by atoms with Crippen LogP contribution in [0.4, 0.5) is 0 Å². The molecule has 1 aliphatic rings. The van der Waals surface area contributed by atoms with E-state index in [1.165, 1.54) is 52.7 Å². The van der Waals surface area contributed by atoms with Crippen molar-refractivity contribution in [1.29, 1.82) is 0 Å². The summed E-state index contributed by atoms with van der Waals surface area (Å²) in [4.78, 5) is 0. The number of rotatable bonds is 1. The van der Waals surface area contributed by atoms with Crippen molar-refractivity contribution < 1.29 is 0 Å². The third-order valence-corrected chi connectivity index (χ3v) is 4.61. The van der Waals surface area contributed by atoms with Crippen LogP contribution in [0.1, 0.15) is 41.1 Å². The molecular weight excluding hydrogens is 232 g/mol. The summed E-state index contributed by atoms with van der Waals surface area (Å²) in [6, 6.07) is 4.64. The molecular formula is C17H24N2. The number of benzene rings is 1. The van der Waals surface area contributed by atoms with E-state index in [1.807, 2.05) is 0 Å². The lowest BCUT2D eigenvalue weighted by Crippen LogP contribution is -2.29. The predicted molar refractivity (Wildman–Crippen MR) is 82.0 cm³/mol. The van der Waals surface area contributed by atoms with E-state index in [2.05, 4.69) is 49.8 Å². The van der Waals surface area contributed by atoms with Crippen LogP contribution in [0.15, 0.2) is 12.1 Å². The third kappa shape index (κ3) is 1.99. The monoisotopic (exact) mass is 256 g/mol. The van der Waals surface area contributed by atoms with Crippen LogP contribution in [-0.4, -0.2) is 17.7 Å². The van der Waals surface area contributed by atoms with Crippen molar-refractivity contribution >= 4 is 10.9 Å². The molecule has 2 aromatic rings. The molecule has 2 heterocycles. The van der Waals surface area contributed by atoms with Gasteiger partial charge in [-0.05, 0) is 57.4 Å². The Morgan fingerprint density at radius 2 is 2.00 bits per heavy atom. The molecule has 1 aliphatic heterocycles. The first-order valence-electron chi connectivity index (χ1n) is 7.36. The normalized spacial score (nSPS) is 20.1. The van der Waals surface area contributed by atoms with Crippen LogP contribution in [0.2, 0.25) is 0 Å². The second kappa shape index (κ2) is 4.68. The number of nitrogens with zero attached hydrogens (tertiary/aromatic N) is 1. The van der Waals surface area contributed by atoms with E-state index >= 15 is 0 Å². The molecule has 0 aliphatic carbocycles. The molecule has 1 aromatic heterocycles. The van der Waals surface area contributed by atoms with E-state index in [1.54, 1.807) is 0 Å². The minimum atomic E-state index is 0.672. The summed E-state index contributed by atoms with van der Waals surface area (Å²) in [7, 11) is 2.24. The molecule has 0 amide bonds. The van der Waals surface area contributed by atoms with Gasteiger partial charge in [-0.2, -0.15) is 0 Å². The van der Waals surface area contributed by atoms with Crippen molar-refractivity contribution in [3.8, 4) is 0 Å². The second-order valence-electron chi connectivity index (χ2n) is 6.09. The van der Waals surface area contributed by atoms with E-state index in [0.29, 0.717) is 5.92 Å². The van der Waals surface area contributed by atoms with E-state index in [9.17, 15) is 0 Å². The van der Waals surface area contributed by atoms with Crippen LogP contribution < -0.4 is 5.32 Å². The Balaban J connectivity index is 2.22. The number of fused-ring (bicyclic) bond motifs is 1. The number of nitrogens with one attached hydrogen (secondary N) is 1. The maximum absolute atomic E-state index is 3.54. The zero-order valence-electron chi connectivity index (χ0n) is 12.5. The van der Waals surface area contributed by atoms with Gasteiger partial charge < -0.3 is 9.88 Å². The third-order valence-electron chi connectivity index (χ3n) is 4.61. The summed E-state index contributed by atoms with van der Waals surface area (Å²) >= 11 is 0. The zero-order valence-corrected chi connectivity index (χ0v) is 12.5. The molecule has 1 N–H and O–H groups in total. The molecule has 3 rings (SSSR count). The first kappa shape index (κ1) is 12.7. The predicted octanol–water partition coefficient (Wildman–Crippen LogP) is 3.57. The summed E-state index contributed by atoms with van der Waals surface area (Å²) in [5, 5.41) is 4.99. The summed E-state index contributed by atoms with van der Waals surface area (Å²) < 4.78 is 2.44. The fourth-order valence-corrected chi connectivity index (χ4v) is 3.87. The molecule has 2 nitrogen and oxygen atoms in total. The highest BCUT2D eigenvalue weighted by Gasteiger charge is 2.23. The van der Waals surface area contributed by atoms with Gasteiger partial charge in [-0.15, -0.1) is 0 Å². The highest BCUT2D eigenvalue weighted by molar-refractivity contribution is 5.88. The minimum Gasteiger partial charge on any atom is -0.347 e. The molecule has 0 saturated carbocycles. The van der Waals surface area contributed by atoms with Gasteiger partial charge in [-0.3, -0.25) is 0 Å². The SMILES string of the molecule is Cc1cc(C)c2c(c1)c(C)c(C1CCCNC1)n2C. The van der Waals surface area contributed by atoms with Crippen molar-refractivity contribution in [1.82, 2.24) is 9.88 Å². The average molecular weight is 256 g/mol. The quantitative estimate of drug-likeness (QED) is 0.825. The standard InChI is InChI=1S/C17H24N2/c1-11-8-12(2)16-15(9-11)13(3)17(19(16)4)14-6-5-7-18-10-14/h8-9,14,18H,5-7,10H2,1-4H3. The Morgan fingerprint density at radius 3 is 2.68 bits per heavy atom. The second-order valence-corrected chi connectivity index (χ2v) is 6.09. The molecule has 102 valence electrons. The number of hydrogen-bond donors (Lipinski definition) is 1. The van der Waals surface area contributed by atoms with Crippen LogP contribution in [0.25, 0.3) is 10.9 Å². The van der Waals surface area contributed by atoms with E-state index in [-0.39, 0.29) is 0 Å². The fourth-order valence-electron chi connectivity index (χ4n) is 3.87. The van der Waals surface area contributed by atoms with Crippen molar-refractivity contribution in [2.24, 2.45) is 7.05 Å². The number of aromatic nitrogens is 1. The maximum atomic E-state index is 3.54. The summed E-state index contributed by atoms with van der Waals surface area (Å²) in [6.45, 7) is 9.03. The first-order valence-corrected chi connectivity index (χ1v) is 7.36. The smallest absolute Gasteiger partial charge is 0.0512 e. The topological polar surface area (TPSA) is 17.0 Å². The Kier molecular flexibility index (Phi) is 3.14. The molecule has 0 bridgehead atoms. The zero-order chi connectivity index (χ0) is 13.6. The number of aryl methyl sites for hydroxylation is 4. The van der Waals surface area contributed by atoms with Gasteiger partial charge in [0.05, 0.1) is 5.52 Å². The Morgan fingerprint density at radius 1 is 1.21 bits per heavy atom. The Bertz CT molecular complexity index is 616.